The van der Waals surface area contributed by atoms with Gasteiger partial charge in [-0.25, -0.2) is 0 Å². The molecule has 0 spiro atoms. The summed E-state index contributed by atoms with van der Waals surface area (Å²) in [6.07, 6.45) is 3.42. The van der Waals surface area contributed by atoms with Crippen molar-refractivity contribution >= 4 is 6.47 Å². The highest BCUT2D eigenvalue weighted by atomic mass is 16.5. The van der Waals surface area contributed by atoms with Crippen LogP contribution >= 0.6 is 0 Å². The summed E-state index contributed by atoms with van der Waals surface area (Å²) >= 11 is 0. The molecule has 0 aliphatic carbocycles. The molecular weight excluding hydrogens is 152 g/mol. The van der Waals surface area contributed by atoms with E-state index in [-0.39, 0.29) is 0 Å². The van der Waals surface area contributed by atoms with Gasteiger partial charge in [0.15, 0.2) is 0 Å². The van der Waals surface area contributed by atoms with Gasteiger partial charge in [0.25, 0.3) is 6.47 Å². The highest BCUT2D eigenvalue weighted by Gasteiger charge is 2.08. The van der Waals surface area contributed by atoms with Gasteiger partial charge in [-0.3, -0.25) is 4.79 Å². The minimum Gasteiger partial charge on any atom is -0.468 e. The fourth-order valence-electron chi connectivity index (χ4n) is 1.44. The maximum atomic E-state index is 9.87. The van der Waals surface area contributed by atoms with Crippen molar-refractivity contribution in [3.8, 4) is 0 Å². The van der Waals surface area contributed by atoms with E-state index in [9.17, 15) is 4.79 Å². The minimum absolute atomic E-state index is 0.530. The molecule has 0 aromatic carbocycles. The number of carbonyl (C=O) groups excluding carboxylic acids is 1. The Hall–Kier alpha value is -0.530. The maximum Gasteiger partial charge on any atom is 0.293 e. The molecule has 0 amide bonds. The molecule has 0 aromatic rings. The molecule has 1 unspecified atom stereocenters. The zero-order valence-corrected chi connectivity index (χ0v) is 8.38. The molecule has 1 atom stereocenters. The van der Waals surface area contributed by atoms with Crippen LogP contribution in [0.2, 0.25) is 0 Å². The average molecular weight is 172 g/mol. The maximum absolute atomic E-state index is 9.87. The lowest BCUT2D eigenvalue weighted by atomic mass is 9.92. The van der Waals surface area contributed by atoms with Crippen LogP contribution in [0.3, 0.4) is 0 Å². The van der Waals surface area contributed by atoms with Crippen LogP contribution in [-0.2, 0) is 9.53 Å². The Balaban J connectivity index is 3.45. The van der Waals surface area contributed by atoms with Crippen LogP contribution in [0, 0.1) is 11.8 Å². The molecule has 0 aliphatic rings. The molecule has 2 nitrogen and oxygen atoms in total. The Bertz CT molecular complexity index is 110. The summed E-state index contributed by atoms with van der Waals surface area (Å²) in [5.74, 6) is 1.45. The van der Waals surface area contributed by atoms with Crippen LogP contribution in [0.15, 0.2) is 0 Å². The van der Waals surface area contributed by atoms with Gasteiger partial charge in [0, 0.05) is 0 Å². The van der Waals surface area contributed by atoms with Crippen LogP contribution < -0.4 is 0 Å². The second kappa shape index (κ2) is 7.14. The molecule has 0 heterocycles. The number of carbonyl (C=O) groups is 1. The van der Waals surface area contributed by atoms with Crippen molar-refractivity contribution in [2.75, 3.05) is 6.61 Å². The van der Waals surface area contributed by atoms with E-state index in [0.29, 0.717) is 19.0 Å². The van der Waals surface area contributed by atoms with Gasteiger partial charge in [-0.15, -0.1) is 0 Å². The first-order valence-corrected chi connectivity index (χ1v) is 4.75. The molecule has 0 aromatic heterocycles. The van der Waals surface area contributed by atoms with Gasteiger partial charge in [-0.2, -0.15) is 0 Å². The van der Waals surface area contributed by atoms with Crippen molar-refractivity contribution in [2.24, 2.45) is 11.8 Å². The lowest BCUT2D eigenvalue weighted by Gasteiger charge is -2.15. The Morgan fingerprint density at radius 2 is 2.08 bits per heavy atom. The molecule has 0 fully saturated rings. The van der Waals surface area contributed by atoms with Gasteiger partial charge in [0.2, 0.25) is 0 Å². The van der Waals surface area contributed by atoms with E-state index in [0.717, 1.165) is 12.3 Å². The van der Waals surface area contributed by atoms with Gasteiger partial charge < -0.3 is 4.74 Å². The fraction of sp³-hybridized carbons (Fsp3) is 0.900. The SMILES string of the molecule is CCC(CCOC=O)CC(C)C. The van der Waals surface area contributed by atoms with Crippen molar-refractivity contribution in [2.45, 2.75) is 40.0 Å². The third-order valence-corrected chi connectivity index (χ3v) is 2.09. The van der Waals surface area contributed by atoms with Gasteiger partial charge in [-0.05, 0) is 24.7 Å². The summed E-state index contributed by atoms with van der Waals surface area (Å²) < 4.78 is 4.67. The summed E-state index contributed by atoms with van der Waals surface area (Å²) in [5.41, 5.74) is 0. The molecule has 0 N–H and O–H groups in total. The zero-order valence-electron chi connectivity index (χ0n) is 8.38. The average Bonchev–Trinajstić information content (AvgIpc) is 2.02. The Kier molecular flexibility index (Phi) is 6.82. The lowest BCUT2D eigenvalue weighted by molar-refractivity contribution is -0.129. The lowest BCUT2D eigenvalue weighted by Crippen LogP contribution is -2.07. The Labute approximate surface area is 75.3 Å². The predicted molar refractivity (Wildman–Crippen MR) is 49.9 cm³/mol. The largest absolute Gasteiger partial charge is 0.468 e. The van der Waals surface area contributed by atoms with E-state index in [1.165, 1.54) is 12.8 Å². The van der Waals surface area contributed by atoms with E-state index >= 15 is 0 Å². The van der Waals surface area contributed by atoms with E-state index in [4.69, 9.17) is 0 Å². The highest BCUT2D eigenvalue weighted by molar-refractivity contribution is 5.36. The van der Waals surface area contributed by atoms with Gasteiger partial charge >= 0.3 is 0 Å². The van der Waals surface area contributed by atoms with Crippen LogP contribution in [0.1, 0.15) is 40.0 Å². The van der Waals surface area contributed by atoms with Crippen LogP contribution in [0.4, 0.5) is 0 Å². The highest BCUT2D eigenvalue weighted by Crippen LogP contribution is 2.18. The van der Waals surface area contributed by atoms with Crippen LogP contribution in [0.5, 0.6) is 0 Å². The molecule has 72 valence electrons. The van der Waals surface area contributed by atoms with Crippen molar-refractivity contribution in [1.82, 2.24) is 0 Å². The van der Waals surface area contributed by atoms with E-state index in [2.05, 4.69) is 25.5 Å². The number of rotatable bonds is 7. The molecule has 0 saturated carbocycles. The van der Waals surface area contributed by atoms with E-state index in [1.807, 2.05) is 0 Å². The molecule has 2 heteroatoms. The normalized spacial score (nSPS) is 13.0. The minimum atomic E-state index is 0.530. The molecule has 0 rings (SSSR count). The number of hydrogen-bond donors (Lipinski definition) is 0. The van der Waals surface area contributed by atoms with Crippen LogP contribution in [-0.4, -0.2) is 13.1 Å². The van der Waals surface area contributed by atoms with Gasteiger partial charge in [0.1, 0.15) is 0 Å². The first kappa shape index (κ1) is 11.5. The van der Waals surface area contributed by atoms with Crippen molar-refractivity contribution < 1.29 is 9.53 Å². The van der Waals surface area contributed by atoms with E-state index in [1.54, 1.807) is 0 Å². The number of hydrogen-bond acceptors (Lipinski definition) is 2. The second-order valence-electron chi connectivity index (χ2n) is 3.66. The van der Waals surface area contributed by atoms with Crippen LogP contribution in [0.25, 0.3) is 0 Å². The molecule has 0 saturated heterocycles. The standard InChI is InChI=1S/C10H20O2/c1-4-10(7-9(2)3)5-6-12-8-11/h8-10H,4-7H2,1-3H3. The van der Waals surface area contributed by atoms with Gasteiger partial charge in [0.05, 0.1) is 6.61 Å². The zero-order chi connectivity index (χ0) is 9.40. The Morgan fingerprint density at radius 3 is 2.50 bits per heavy atom. The molecule has 0 aliphatic heterocycles. The summed E-state index contributed by atoms with van der Waals surface area (Å²) in [7, 11) is 0. The first-order chi connectivity index (χ1) is 5.70. The smallest absolute Gasteiger partial charge is 0.293 e. The van der Waals surface area contributed by atoms with Crippen molar-refractivity contribution in [3.05, 3.63) is 0 Å². The van der Waals surface area contributed by atoms with Crippen molar-refractivity contribution in [1.29, 1.82) is 0 Å². The molecule has 12 heavy (non-hydrogen) atoms. The first-order valence-electron chi connectivity index (χ1n) is 4.75. The summed E-state index contributed by atoms with van der Waals surface area (Å²) in [6.45, 7) is 7.75. The molecule has 0 bridgehead atoms. The Morgan fingerprint density at radius 1 is 1.42 bits per heavy atom. The second-order valence-corrected chi connectivity index (χ2v) is 3.66. The van der Waals surface area contributed by atoms with Crippen molar-refractivity contribution in [3.63, 3.8) is 0 Å². The summed E-state index contributed by atoms with van der Waals surface area (Å²) in [6, 6.07) is 0. The summed E-state index contributed by atoms with van der Waals surface area (Å²) in [5, 5.41) is 0. The number of ether oxygens (including phenoxy) is 1. The monoisotopic (exact) mass is 172 g/mol. The third-order valence-electron chi connectivity index (χ3n) is 2.09. The van der Waals surface area contributed by atoms with Gasteiger partial charge in [-0.1, -0.05) is 27.2 Å². The third kappa shape index (κ3) is 6.20. The van der Waals surface area contributed by atoms with E-state index < -0.39 is 0 Å². The summed E-state index contributed by atoms with van der Waals surface area (Å²) in [4.78, 5) is 9.87. The quantitative estimate of drug-likeness (QED) is 0.436. The molecular formula is C10H20O2. The predicted octanol–water partition coefficient (Wildman–Crippen LogP) is 2.62. The topological polar surface area (TPSA) is 26.3 Å². The fourth-order valence-corrected chi connectivity index (χ4v) is 1.44. The molecule has 0 radical (unpaired) electrons.